The highest BCUT2D eigenvalue weighted by Crippen LogP contribution is 2.48. The van der Waals surface area contributed by atoms with Crippen LogP contribution in [0.4, 0.5) is 0 Å². The van der Waals surface area contributed by atoms with Crippen molar-refractivity contribution in [3.8, 4) is 0 Å². The Bertz CT molecular complexity index is 268. The summed E-state index contributed by atoms with van der Waals surface area (Å²) in [5.74, 6) is 2.48. The van der Waals surface area contributed by atoms with Crippen LogP contribution in [0.3, 0.4) is 0 Å². The molecule has 3 atom stereocenters. The average Bonchev–Trinajstić information content (AvgIpc) is 3.00. The number of hydrogen-bond acceptors (Lipinski definition) is 1. The number of carbonyl (C=O) groups is 1. The molecule has 0 aromatic rings. The van der Waals surface area contributed by atoms with E-state index in [1.54, 1.807) is 0 Å². The fraction of sp³-hybridized carbons (Fsp3) is 0.938. The van der Waals surface area contributed by atoms with Crippen LogP contribution in [0.15, 0.2) is 0 Å². The molecule has 0 unspecified atom stereocenters. The van der Waals surface area contributed by atoms with Gasteiger partial charge in [-0.2, -0.15) is 0 Å². The number of carbonyl (C=O) groups excluding carboxylic acids is 1. The molecule has 0 aromatic heterocycles. The lowest BCUT2D eigenvalue weighted by atomic mass is 9.87. The molecule has 1 amide bonds. The van der Waals surface area contributed by atoms with E-state index in [-0.39, 0.29) is 0 Å². The van der Waals surface area contributed by atoms with Crippen LogP contribution in [0.25, 0.3) is 0 Å². The standard InChI is InChI=1S/C16H29NO/c1-3-5-9-17(10-6-4-2)16(18)15-12-13-7-8-14(15)11-13/h13-15H,3-12H2,1-2H3/t13-,14+,15+/m0/s1. The summed E-state index contributed by atoms with van der Waals surface area (Å²) in [6.45, 7) is 6.40. The van der Waals surface area contributed by atoms with Gasteiger partial charge >= 0.3 is 0 Å². The predicted molar refractivity (Wildman–Crippen MR) is 75.3 cm³/mol. The normalized spacial score (nSPS) is 29.8. The maximum absolute atomic E-state index is 12.7. The van der Waals surface area contributed by atoms with E-state index in [9.17, 15) is 4.79 Å². The monoisotopic (exact) mass is 251 g/mol. The Morgan fingerprint density at radius 1 is 1.06 bits per heavy atom. The number of hydrogen-bond donors (Lipinski definition) is 0. The predicted octanol–water partition coefficient (Wildman–Crippen LogP) is 3.85. The summed E-state index contributed by atoms with van der Waals surface area (Å²) in [6.07, 6.45) is 9.94. The topological polar surface area (TPSA) is 20.3 Å². The van der Waals surface area contributed by atoms with E-state index in [1.807, 2.05) is 0 Å². The van der Waals surface area contributed by atoms with Gasteiger partial charge in [-0.15, -0.1) is 0 Å². The molecule has 0 heterocycles. The number of fused-ring (bicyclic) bond motifs is 2. The van der Waals surface area contributed by atoms with Gasteiger partial charge in [0.15, 0.2) is 0 Å². The van der Waals surface area contributed by atoms with Crippen molar-refractivity contribution in [3.63, 3.8) is 0 Å². The van der Waals surface area contributed by atoms with Crippen molar-refractivity contribution in [3.05, 3.63) is 0 Å². The van der Waals surface area contributed by atoms with Gasteiger partial charge in [0.25, 0.3) is 0 Å². The molecule has 0 radical (unpaired) electrons. The van der Waals surface area contributed by atoms with Crippen LogP contribution in [0.5, 0.6) is 0 Å². The summed E-state index contributed by atoms with van der Waals surface area (Å²) in [7, 11) is 0. The lowest BCUT2D eigenvalue weighted by Gasteiger charge is -2.29. The quantitative estimate of drug-likeness (QED) is 0.673. The first-order valence-corrected chi connectivity index (χ1v) is 8.05. The highest BCUT2D eigenvalue weighted by molar-refractivity contribution is 5.79. The Morgan fingerprint density at radius 3 is 2.17 bits per heavy atom. The molecule has 2 saturated carbocycles. The molecule has 0 saturated heterocycles. The van der Waals surface area contributed by atoms with E-state index in [2.05, 4.69) is 18.7 Å². The zero-order valence-corrected chi connectivity index (χ0v) is 12.2. The van der Waals surface area contributed by atoms with Gasteiger partial charge in [-0.1, -0.05) is 33.1 Å². The number of nitrogens with zero attached hydrogens (tertiary/aromatic N) is 1. The molecule has 0 N–H and O–H groups in total. The first-order valence-electron chi connectivity index (χ1n) is 8.05. The number of unbranched alkanes of at least 4 members (excludes halogenated alkanes) is 2. The van der Waals surface area contributed by atoms with Crippen LogP contribution >= 0.6 is 0 Å². The van der Waals surface area contributed by atoms with Crippen molar-refractivity contribution in [2.24, 2.45) is 17.8 Å². The maximum Gasteiger partial charge on any atom is 0.225 e. The fourth-order valence-corrected chi connectivity index (χ4v) is 3.81. The molecular weight excluding hydrogens is 222 g/mol. The SMILES string of the molecule is CCCCN(CCCC)C(=O)[C@@H]1C[C@H]2CC[C@@H]1C2. The third-order valence-corrected chi connectivity index (χ3v) is 4.93. The van der Waals surface area contributed by atoms with Gasteiger partial charge in [-0.25, -0.2) is 0 Å². The van der Waals surface area contributed by atoms with Gasteiger partial charge in [-0.05, 0) is 43.9 Å². The summed E-state index contributed by atoms with van der Waals surface area (Å²) in [6, 6.07) is 0. The first-order chi connectivity index (χ1) is 8.76. The smallest absolute Gasteiger partial charge is 0.225 e. The van der Waals surface area contributed by atoms with E-state index >= 15 is 0 Å². The second-order valence-corrected chi connectivity index (χ2v) is 6.31. The molecule has 2 rings (SSSR count). The Morgan fingerprint density at radius 2 is 1.72 bits per heavy atom. The Labute approximate surface area is 112 Å². The summed E-state index contributed by atoms with van der Waals surface area (Å²) in [5, 5.41) is 0. The molecule has 0 aromatic carbocycles. The van der Waals surface area contributed by atoms with Crippen molar-refractivity contribution in [1.29, 1.82) is 0 Å². The molecule has 2 heteroatoms. The molecule has 2 aliphatic carbocycles. The van der Waals surface area contributed by atoms with E-state index in [0.29, 0.717) is 11.8 Å². The Kier molecular flexibility index (Phi) is 5.08. The largest absolute Gasteiger partial charge is 0.342 e. The molecule has 2 fully saturated rings. The zero-order valence-electron chi connectivity index (χ0n) is 12.2. The lowest BCUT2D eigenvalue weighted by molar-refractivity contribution is -0.137. The van der Waals surface area contributed by atoms with Gasteiger partial charge in [0.2, 0.25) is 5.91 Å². The second-order valence-electron chi connectivity index (χ2n) is 6.31. The zero-order chi connectivity index (χ0) is 13.0. The summed E-state index contributed by atoms with van der Waals surface area (Å²) in [5.41, 5.74) is 0. The van der Waals surface area contributed by atoms with Crippen LogP contribution < -0.4 is 0 Å². The van der Waals surface area contributed by atoms with Crippen molar-refractivity contribution in [2.75, 3.05) is 13.1 Å². The second kappa shape index (κ2) is 6.58. The minimum Gasteiger partial charge on any atom is -0.342 e. The molecule has 0 spiro atoms. The minimum atomic E-state index is 0.387. The molecule has 0 aliphatic heterocycles. The van der Waals surface area contributed by atoms with Crippen LogP contribution in [0.1, 0.15) is 65.2 Å². The first kappa shape index (κ1) is 13.9. The molecule has 2 bridgehead atoms. The van der Waals surface area contributed by atoms with Crippen LogP contribution in [0, 0.1) is 17.8 Å². The highest BCUT2D eigenvalue weighted by atomic mass is 16.2. The van der Waals surface area contributed by atoms with Crippen molar-refractivity contribution < 1.29 is 4.79 Å². The van der Waals surface area contributed by atoms with E-state index in [0.717, 1.165) is 37.8 Å². The summed E-state index contributed by atoms with van der Waals surface area (Å²) in [4.78, 5) is 14.9. The molecule has 18 heavy (non-hydrogen) atoms. The third-order valence-electron chi connectivity index (χ3n) is 4.93. The Hall–Kier alpha value is -0.530. The van der Waals surface area contributed by atoms with E-state index in [1.165, 1.54) is 38.5 Å². The van der Waals surface area contributed by atoms with Crippen LogP contribution in [-0.2, 0) is 4.79 Å². The van der Waals surface area contributed by atoms with Gasteiger partial charge in [0.1, 0.15) is 0 Å². The maximum atomic E-state index is 12.7. The summed E-state index contributed by atoms with van der Waals surface area (Å²) >= 11 is 0. The van der Waals surface area contributed by atoms with Crippen molar-refractivity contribution in [2.45, 2.75) is 65.2 Å². The minimum absolute atomic E-state index is 0.387. The fourth-order valence-electron chi connectivity index (χ4n) is 3.81. The van der Waals surface area contributed by atoms with Gasteiger partial charge in [0.05, 0.1) is 0 Å². The molecule has 104 valence electrons. The van der Waals surface area contributed by atoms with E-state index in [4.69, 9.17) is 0 Å². The molecule has 2 nitrogen and oxygen atoms in total. The van der Waals surface area contributed by atoms with Crippen LogP contribution in [0.2, 0.25) is 0 Å². The highest BCUT2D eigenvalue weighted by Gasteiger charge is 2.44. The van der Waals surface area contributed by atoms with Gasteiger partial charge in [-0.3, -0.25) is 4.79 Å². The molecular formula is C16H29NO. The molecule has 2 aliphatic rings. The Balaban J connectivity index is 1.89. The number of rotatable bonds is 7. The lowest BCUT2D eigenvalue weighted by Crippen LogP contribution is -2.39. The van der Waals surface area contributed by atoms with Crippen molar-refractivity contribution >= 4 is 5.91 Å². The van der Waals surface area contributed by atoms with Crippen molar-refractivity contribution in [1.82, 2.24) is 4.90 Å². The van der Waals surface area contributed by atoms with Crippen LogP contribution in [-0.4, -0.2) is 23.9 Å². The summed E-state index contributed by atoms with van der Waals surface area (Å²) < 4.78 is 0. The number of amides is 1. The van der Waals surface area contributed by atoms with Gasteiger partial charge in [0, 0.05) is 19.0 Å². The third kappa shape index (κ3) is 3.07. The van der Waals surface area contributed by atoms with E-state index < -0.39 is 0 Å². The van der Waals surface area contributed by atoms with Gasteiger partial charge < -0.3 is 4.90 Å². The average molecular weight is 251 g/mol.